The number of aryl methyl sites for hydroxylation is 1. The minimum atomic E-state index is -0.516. The first-order valence-electron chi connectivity index (χ1n) is 10.0. The van der Waals surface area contributed by atoms with Gasteiger partial charge in [-0.15, -0.1) is 0 Å². The van der Waals surface area contributed by atoms with Crippen LogP contribution in [0.15, 0.2) is 42.5 Å². The van der Waals surface area contributed by atoms with Crippen molar-refractivity contribution in [1.82, 2.24) is 4.90 Å². The van der Waals surface area contributed by atoms with Crippen LogP contribution in [0.3, 0.4) is 0 Å². The summed E-state index contributed by atoms with van der Waals surface area (Å²) >= 11 is 0. The normalized spacial score (nSPS) is 15.9. The topological polar surface area (TPSA) is 44.8 Å². The number of anilines is 2. The van der Waals surface area contributed by atoms with E-state index in [2.05, 4.69) is 34.3 Å². The van der Waals surface area contributed by atoms with Crippen molar-refractivity contribution in [3.63, 3.8) is 0 Å². The zero-order chi connectivity index (χ0) is 20.1. The predicted molar refractivity (Wildman–Crippen MR) is 115 cm³/mol. The molecule has 2 aromatic rings. The Morgan fingerprint density at radius 2 is 1.75 bits per heavy atom. The van der Waals surface area contributed by atoms with E-state index in [4.69, 9.17) is 4.74 Å². The van der Waals surface area contributed by atoms with Crippen LogP contribution in [-0.2, 0) is 4.79 Å². The standard InChI is InChI=1S/C23H31N3O2/c1-5-21(28-22-8-6-7-17(2)18(22)3)23(27)24-19-9-11-20(12-10-19)26-15-13-25(4)14-16-26/h6-12,21H,5,13-16H2,1-4H3,(H,24,27)/t21-/m1/s1. The Morgan fingerprint density at radius 3 is 2.39 bits per heavy atom. The highest BCUT2D eigenvalue weighted by Crippen LogP contribution is 2.23. The van der Waals surface area contributed by atoms with Crippen LogP contribution in [0.5, 0.6) is 5.75 Å². The summed E-state index contributed by atoms with van der Waals surface area (Å²) in [4.78, 5) is 17.4. The molecular formula is C23H31N3O2. The van der Waals surface area contributed by atoms with Gasteiger partial charge in [-0.1, -0.05) is 19.1 Å². The Labute approximate surface area is 168 Å². The van der Waals surface area contributed by atoms with Gasteiger partial charge in [-0.3, -0.25) is 4.79 Å². The van der Waals surface area contributed by atoms with E-state index in [1.165, 1.54) is 5.69 Å². The van der Waals surface area contributed by atoms with E-state index in [1.54, 1.807) is 0 Å². The van der Waals surface area contributed by atoms with Crippen molar-refractivity contribution >= 4 is 17.3 Å². The Balaban J connectivity index is 1.61. The van der Waals surface area contributed by atoms with E-state index in [0.29, 0.717) is 6.42 Å². The van der Waals surface area contributed by atoms with Crippen molar-refractivity contribution in [3.8, 4) is 5.75 Å². The van der Waals surface area contributed by atoms with Crippen LogP contribution in [-0.4, -0.2) is 50.1 Å². The summed E-state index contributed by atoms with van der Waals surface area (Å²) in [6, 6.07) is 14.0. The van der Waals surface area contributed by atoms with Crippen LogP contribution in [0.2, 0.25) is 0 Å². The van der Waals surface area contributed by atoms with Gasteiger partial charge >= 0.3 is 0 Å². The quantitative estimate of drug-likeness (QED) is 0.825. The monoisotopic (exact) mass is 381 g/mol. The average Bonchev–Trinajstić information content (AvgIpc) is 2.70. The number of nitrogens with one attached hydrogen (secondary N) is 1. The molecule has 0 bridgehead atoms. The van der Waals surface area contributed by atoms with Gasteiger partial charge in [0.15, 0.2) is 6.10 Å². The van der Waals surface area contributed by atoms with Crippen molar-refractivity contribution in [2.75, 3.05) is 43.4 Å². The first-order chi connectivity index (χ1) is 13.5. The number of ether oxygens (including phenoxy) is 1. The lowest BCUT2D eigenvalue weighted by Gasteiger charge is -2.34. The fraction of sp³-hybridized carbons (Fsp3) is 0.435. The van der Waals surface area contributed by atoms with Gasteiger partial charge in [0.1, 0.15) is 5.75 Å². The zero-order valence-corrected chi connectivity index (χ0v) is 17.4. The number of amides is 1. The van der Waals surface area contributed by atoms with E-state index in [9.17, 15) is 4.79 Å². The molecule has 1 heterocycles. The van der Waals surface area contributed by atoms with E-state index in [1.807, 2.05) is 51.1 Å². The first-order valence-corrected chi connectivity index (χ1v) is 10.0. The van der Waals surface area contributed by atoms with Crippen LogP contribution in [0.1, 0.15) is 24.5 Å². The zero-order valence-electron chi connectivity index (χ0n) is 17.4. The van der Waals surface area contributed by atoms with Crippen molar-refractivity contribution in [3.05, 3.63) is 53.6 Å². The smallest absolute Gasteiger partial charge is 0.265 e. The minimum absolute atomic E-state index is 0.115. The van der Waals surface area contributed by atoms with Gasteiger partial charge in [0.2, 0.25) is 0 Å². The maximum atomic E-state index is 12.7. The molecular weight excluding hydrogens is 350 g/mol. The molecule has 0 aromatic heterocycles. The molecule has 0 aliphatic carbocycles. The molecule has 1 amide bonds. The van der Waals surface area contributed by atoms with E-state index < -0.39 is 6.10 Å². The number of rotatable bonds is 6. The molecule has 1 saturated heterocycles. The molecule has 1 N–H and O–H groups in total. The highest BCUT2D eigenvalue weighted by atomic mass is 16.5. The first kappa shape index (κ1) is 20.2. The summed E-state index contributed by atoms with van der Waals surface area (Å²) < 4.78 is 6.01. The summed E-state index contributed by atoms with van der Waals surface area (Å²) in [5.41, 5.74) is 4.23. The summed E-state index contributed by atoms with van der Waals surface area (Å²) in [5.74, 6) is 0.656. The summed E-state index contributed by atoms with van der Waals surface area (Å²) in [6.45, 7) is 10.2. The molecule has 0 spiro atoms. The van der Waals surface area contributed by atoms with Crippen molar-refractivity contribution in [2.24, 2.45) is 0 Å². The molecule has 5 heteroatoms. The fourth-order valence-corrected chi connectivity index (χ4v) is 3.37. The van der Waals surface area contributed by atoms with Crippen LogP contribution < -0.4 is 15.0 Å². The second-order valence-electron chi connectivity index (χ2n) is 7.54. The second kappa shape index (κ2) is 9.11. The molecule has 1 aliphatic heterocycles. The van der Waals surface area contributed by atoms with Gasteiger partial charge in [0.05, 0.1) is 0 Å². The average molecular weight is 382 g/mol. The number of nitrogens with zero attached hydrogens (tertiary/aromatic N) is 2. The third-order valence-electron chi connectivity index (χ3n) is 5.49. The molecule has 2 aromatic carbocycles. The van der Waals surface area contributed by atoms with Crippen molar-refractivity contribution < 1.29 is 9.53 Å². The van der Waals surface area contributed by atoms with Gasteiger partial charge in [0, 0.05) is 37.6 Å². The van der Waals surface area contributed by atoms with Gasteiger partial charge in [-0.05, 0) is 68.8 Å². The molecule has 1 atom stereocenters. The maximum absolute atomic E-state index is 12.7. The predicted octanol–water partition coefficient (Wildman–Crippen LogP) is 3.85. The molecule has 28 heavy (non-hydrogen) atoms. The Kier molecular flexibility index (Phi) is 6.57. The van der Waals surface area contributed by atoms with Crippen LogP contribution in [0, 0.1) is 13.8 Å². The van der Waals surface area contributed by atoms with Gasteiger partial charge < -0.3 is 19.9 Å². The van der Waals surface area contributed by atoms with Gasteiger partial charge in [-0.25, -0.2) is 0 Å². The highest BCUT2D eigenvalue weighted by Gasteiger charge is 2.20. The molecule has 0 saturated carbocycles. The van der Waals surface area contributed by atoms with Crippen LogP contribution >= 0.6 is 0 Å². The molecule has 3 rings (SSSR count). The second-order valence-corrected chi connectivity index (χ2v) is 7.54. The van der Waals surface area contributed by atoms with Crippen molar-refractivity contribution in [1.29, 1.82) is 0 Å². The molecule has 0 unspecified atom stereocenters. The molecule has 5 nitrogen and oxygen atoms in total. The molecule has 1 fully saturated rings. The van der Waals surface area contributed by atoms with Crippen molar-refractivity contribution in [2.45, 2.75) is 33.3 Å². The molecule has 0 radical (unpaired) electrons. The number of piperazine rings is 1. The maximum Gasteiger partial charge on any atom is 0.265 e. The van der Waals surface area contributed by atoms with E-state index in [0.717, 1.165) is 48.7 Å². The Morgan fingerprint density at radius 1 is 1.07 bits per heavy atom. The summed E-state index contributed by atoms with van der Waals surface area (Å²) in [5, 5.41) is 2.99. The molecule has 1 aliphatic rings. The summed E-state index contributed by atoms with van der Waals surface area (Å²) in [7, 11) is 2.15. The summed E-state index contributed by atoms with van der Waals surface area (Å²) in [6.07, 6.45) is 0.0938. The number of hydrogen-bond acceptors (Lipinski definition) is 4. The Hall–Kier alpha value is -2.53. The van der Waals surface area contributed by atoms with E-state index in [-0.39, 0.29) is 5.91 Å². The van der Waals surface area contributed by atoms with Gasteiger partial charge in [-0.2, -0.15) is 0 Å². The Bertz CT molecular complexity index is 796. The third-order valence-corrected chi connectivity index (χ3v) is 5.49. The third kappa shape index (κ3) is 4.84. The van der Waals surface area contributed by atoms with Crippen LogP contribution in [0.4, 0.5) is 11.4 Å². The van der Waals surface area contributed by atoms with E-state index >= 15 is 0 Å². The number of likely N-dealkylation sites (N-methyl/N-ethyl adjacent to an activating group) is 1. The SMILES string of the molecule is CC[C@@H](Oc1cccc(C)c1C)C(=O)Nc1ccc(N2CCN(C)CC2)cc1. The molecule has 150 valence electrons. The number of carbonyl (C=O) groups is 1. The number of carbonyl (C=O) groups excluding carboxylic acids is 1. The number of benzene rings is 2. The largest absolute Gasteiger partial charge is 0.480 e. The number of hydrogen-bond donors (Lipinski definition) is 1. The van der Waals surface area contributed by atoms with Crippen LogP contribution in [0.25, 0.3) is 0 Å². The minimum Gasteiger partial charge on any atom is -0.480 e. The lowest BCUT2D eigenvalue weighted by atomic mass is 10.1. The highest BCUT2D eigenvalue weighted by molar-refractivity contribution is 5.94. The lowest BCUT2D eigenvalue weighted by molar-refractivity contribution is -0.122. The lowest BCUT2D eigenvalue weighted by Crippen LogP contribution is -2.44. The van der Waals surface area contributed by atoms with Gasteiger partial charge in [0.25, 0.3) is 5.91 Å². The fourth-order valence-electron chi connectivity index (χ4n) is 3.37.